The van der Waals surface area contributed by atoms with E-state index in [1.165, 1.54) is 52.0 Å². The van der Waals surface area contributed by atoms with Crippen molar-refractivity contribution in [1.82, 2.24) is 55.7 Å². The molecule has 0 spiro atoms. The molecule has 1 aliphatic heterocycles. The van der Waals surface area contributed by atoms with Gasteiger partial charge in [-0.25, -0.2) is 14.6 Å². The van der Waals surface area contributed by atoms with Gasteiger partial charge in [0.2, 0.25) is 41.4 Å². The van der Waals surface area contributed by atoms with Gasteiger partial charge in [0.1, 0.15) is 48.1 Å². The fraction of sp³-hybridized carbons (Fsp3) is 0.774. The van der Waals surface area contributed by atoms with E-state index < -0.39 is 139 Å². The molecule has 1 fully saturated rings. The third-order valence-corrected chi connectivity index (χ3v) is 15.9. The number of rotatable bonds is 18. The molecular weight excluding hydrogens is 1100 g/mol. The number of nitrogens with one attached hydrogen (secondary N) is 4. The van der Waals surface area contributed by atoms with E-state index in [2.05, 4.69) is 26.3 Å². The van der Waals surface area contributed by atoms with Crippen LogP contribution >= 0.6 is 0 Å². The number of nitrogens with zero attached hydrogens (tertiary/aromatic N) is 8. The minimum absolute atomic E-state index is 0.0472. The quantitative estimate of drug-likeness (QED) is 0.0902. The van der Waals surface area contributed by atoms with Gasteiger partial charge in [0.25, 0.3) is 0 Å². The zero-order chi connectivity index (χ0) is 65.9. The van der Waals surface area contributed by atoms with Gasteiger partial charge in [-0.3, -0.25) is 48.7 Å². The SMILES string of the molecule is CC(C)C[C@@H]1C(=O)N[C@H](CC(C)C)C(=O)N(C)C(C(C)C)C(=O)N(C)C([C@H](O)[C@H](C)CCN(C)c2ccccn2)C(=O)NC([C@@H](C)O)C(=O)N(C)CC(=O)N(C)[C@@H](CC(C)C)C(=O)N[C@H](CC(C)C)N(C)[C@H](CC(C)C)N[C@H](C)C(=O)OC(=O)N1C. The highest BCUT2D eigenvalue weighted by atomic mass is 16.6. The maximum absolute atomic E-state index is 15.2. The summed E-state index contributed by atoms with van der Waals surface area (Å²) in [4.78, 5) is 145. The molecule has 1 saturated heterocycles. The Hall–Kier alpha value is -5.98. The lowest BCUT2D eigenvalue weighted by Gasteiger charge is -2.40. The van der Waals surface area contributed by atoms with Gasteiger partial charge < -0.3 is 55.4 Å². The Bertz CT molecular complexity index is 2380. The van der Waals surface area contributed by atoms with Crippen molar-refractivity contribution in [2.24, 2.45) is 41.4 Å². The van der Waals surface area contributed by atoms with Crippen LogP contribution < -0.4 is 26.2 Å². The second-order valence-corrected chi connectivity index (χ2v) is 26.5. The van der Waals surface area contributed by atoms with E-state index in [1.54, 1.807) is 47.0 Å². The molecule has 1 aliphatic rings. The number of esters is 1. The molecule has 2 rings (SSSR count). The number of amides is 8. The first-order chi connectivity index (χ1) is 39.8. The van der Waals surface area contributed by atoms with Crippen molar-refractivity contribution in [3.8, 4) is 0 Å². The summed E-state index contributed by atoms with van der Waals surface area (Å²) in [7, 11) is 10.4. The molecule has 3 unspecified atom stereocenters. The molecule has 8 amide bonds. The number of cyclic esters (lactones) is 2. The molecule has 0 aliphatic carbocycles. The third-order valence-electron chi connectivity index (χ3n) is 15.9. The van der Waals surface area contributed by atoms with Crippen LogP contribution in [0.2, 0.25) is 0 Å². The first kappa shape index (κ1) is 76.1. The van der Waals surface area contributed by atoms with Crippen LogP contribution in [0.25, 0.3) is 0 Å². The fourth-order valence-corrected chi connectivity index (χ4v) is 10.7. The van der Waals surface area contributed by atoms with Gasteiger partial charge in [0.15, 0.2) is 0 Å². The molecular formula is C62H110N12O12. The summed E-state index contributed by atoms with van der Waals surface area (Å²) in [6, 6.07) is -3.96. The number of carbonyl (C=O) groups excluding carboxylic acids is 9. The summed E-state index contributed by atoms with van der Waals surface area (Å²) in [5.74, 6) is -7.14. The Morgan fingerprint density at radius 1 is 0.605 bits per heavy atom. The Balaban J connectivity index is 2.98. The predicted molar refractivity (Wildman–Crippen MR) is 331 cm³/mol. The van der Waals surface area contributed by atoms with E-state index in [4.69, 9.17) is 4.74 Å². The van der Waals surface area contributed by atoms with Crippen LogP contribution in [0.5, 0.6) is 0 Å². The number of aliphatic hydroxyl groups is 2. The molecule has 2 heterocycles. The largest absolute Gasteiger partial charge is 0.417 e. The van der Waals surface area contributed by atoms with Crippen LogP contribution in [0, 0.1) is 41.4 Å². The molecule has 490 valence electrons. The number of hydrogen-bond donors (Lipinski definition) is 6. The Morgan fingerprint density at radius 3 is 1.62 bits per heavy atom. The number of hydrogen-bond acceptors (Lipinski definition) is 16. The van der Waals surface area contributed by atoms with Crippen molar-refractivity contribution >= 4 is 59.2 Å². The molecule has 24 heteroatoms. The zero-order valence-electron chi connectivity index (χ0n) is 55.9. The number of ether oxygens (including phenoxy) is 1. The van der Waals surface area contributed by atoms with Gasteiger partial charge in [0, 0.05) is 55.0 Å². The lowest BCUT2D eigenvalue weighted by Crippen LogP contribution is -2.64. The van der Waals surface area contributed by atoms with Gasteiger partial charge in [-0.05, 0) is 113 Å². The minimum Gasteiger partial charge on any atom is -0.391 e. The molecule has 0 aromatic carbocycles. The standard InChI is InChI=1S/C62H110N12O12/c1-35(2)29-44-58(81)73(21)52(40(11)12)60(83)74(22)53(54(77)41(13)26-28-68(16)47-25-23-24-27-63-47)57(80)67-51(43(15)75)59(82)69(17)34-50(76)70(18)45(30-36(3)4)56(79)66-49(33-39(9)10)72(20)48(32-38(7)8)64-42(14)61(84)86-62(85)71(19)46(31-37(5)6)55(78)65-44/h23-25,27,35-46,48-49,51-54,64,75,77H,26,28-34H2,1-22H3,(H,65,78)(H,66,79)(H,67,80)/t41-,42-,43-,44-,45+,46-,48-,49+,51?,52?,53?,54-/m1/s1. The van der Waals surface area contributed by atoms with Gasteiger partial charge in [0.05, 0.1) is 31.1 Å². The summed E-state index contributed by atoms with van der Waals surface area (Å²) in [6.45, 7) is 26.9. The van der Waals surface area contributed by atoms with Crippen LogP contribution in [0.1, 0.15) is 142 Å². The molecule has 0 saturated carbocycles. The Kier molecular flexibility index (Phi) is 31.1. The molecule has 1 aromatic rings. The van der Waals surface area contributed by atoms with Crippen molar-refractivity contribution in [3.05, 3.63) is 24.4 Å². The summed E-state index contributed by atoms with van der Waals surface area (Å²) in [5, 5.41) is 35.6. The maximum atomic E-state index is 15.2. The number of aromatic nitrogens is 1. The number of pyridine rings is 1. The predicted octanol–water partition coefficient (Wildman–Crippen LogP) is 3.74. The second-order valence-electron chi connectivity index (χ2n) is 26.5. The Morgan fingerprint density at radius 2 is 1.12 bits per heavy atom. The highest BCUT2D eigenvalue weighted by Crippen LogP contribution is 2.25. The average Bonchev–Trinajstić information content (AvgIpc) is 2.63. The highest BCUT2D eigenvalue weighted by molar-refractivity contribution is 5.98. The number of carbonyl (C=O) groups is 9. The summed E-state index contributed by atoms with van der Waals surface area (Å²) < 4.78 is 5.49. The van der Waals surface area contributed by atoms with E-state index in [0.717, 1.165) is 14.7 Å². The Labute approximate surface area is 513 Å². The van der Waals surface area contributed by atoms with Gasteiger partial charge in [-0.15, -0.1) is 0 Å². The van der Waals surface area contributed by atoms with Crippen LogP contribution in [0.3, 0.4) is 0 Å². The van der Waals surface area contributed by atoms with Crippen LogP contribution in [0.4, 0.5) is 10.6 Å². The topological polar surface area (TPSA) is 287 Å². The monoisotopic (exact) mass is 1210 g/mol. The van der Waals surface area contributed by atoms with Crippen molar-refractivity contribution in [2.75, 3.05) is 67.3 Å². The van der Waals surface area contributed by atoms with Crippen molar-refractivity contribution in [2.45, 2.75) is 209 Å². The summed E-state index contributed by atoms with van der Waals surface area (Å²) in [5.41, 5.74) is 0. The summed E-state index contributed by atoms with van der Waals surface area (Å²) >= 11 is 0. The fourth-order valence-electron chi connectivity index (χ4n) is 10.7. The molecule has 86 heavy (non-hydrogen) atoms. The molecule has 24 nitrogen and oxygen atoms in total. The van der Waals surface area contributed by atoms with E-state index in [-0.39, 0.29) is 55.3 Å². The van der Waals surface area contributed by atoms with Crippen molar-refractivity contribution in [1.29, 1.82) is 0 Å². The van der Waals surface area contributed by atoms with Crippen LogP contribution in [0.15, 0.2) is 24.4 Å². The van der Waals surface area contributed by atoms with Crippen molar-refractivity contribution < 1.29 is 58.1 Å². The lowest BCUT2D eigenvalue weighted by atomic mass is 9.91. The molecule has 12 atom stereocenters. The first-order valence-corrected chi connectivity index (χ1v) is 30.7. The molecule has 6 N–H and O–H groups in total. The third kappa shape index (κ3) is 22.6. The van der Waals surface area contributed by atoms with E-state index in [9.17, 15) is 43.8 Å². The second kappa shape index (κ2) is 35.1. The van der Waals surface area contributed by atoms with E-state index >= 15 is 9.59 Å². The maximum Gasteiger partial charge on any atom is 0.417 e. The average molecular weight is 1220 g/mol. The van der Waals surface area contributed by atoms with Gasteiger partial charge in [-0.1, -0.05) is 96.1 Å². The molecule has 1 aromatic heterocycles. The molecule has 0 radical (unpaired) electrons. The molecule has 0 bridgehead atoms. The van der Waals surface area contributed by atoms with Gasteiger partial charge >= 0.3 is 12.1 Å². The number of anilines is 1. The normalized spacial score (nSPS) is 25.8. The number of likely N-dealkylation sites (N-methyl/N-ethyl adjacent to an activating group) is 5. The highest BCUT2D eigenvalue weighted by Gasteiger charge is 2.45. The van der Waals surface area contributed by atoms with E-state index in [0.29, 0.717) is 25.2 Å². The minimum atomic E-state index is -1.74. The van der Waals surface area contributed by atoms with Gasteiger partial charge in [-0.2, -0.15) is 0 Å². The zero-order valence-corrected chi connectivity index (χ0v) is 55.9. The van der Waals surface area contributed by atoms with Crippen LogP contribution in [-0.4, -0.2) is 227 Å². The summed E-state index contributed by atoms with van der Waals surface area (Å²) in [6.07, 6.45) is -2.27. The smallest absolute Gasteiger partial charge is 0.391 e. The van der Waals surface area contributed by atoms with E-state index in [1.807, 2.05) is 98.2 Å². The number of aliphatic hydroxyl groups excluding tert-OH is 2. The lowest BCUT2D eigenvalue weighted by molar-refractivity contribution is -0.155. The van der Waals surface area contributed by atoms with Crippen LogP contribution in [-0.2, 0) is 43.1 Å². The first-order valence-electron chi connectivity index (χ1n) is 30.7. The van der Waals surface area contributed by atoms with Crippen molar-refractivity contribution in [3.63, 3.8) is 0 Å².